The lowest BCUT2D eigenvalue weighted by atomic mass is 9.99. The summed E-state index contributed by atoms with van der Waals surface area (Å²) in [6.07, 6.45) is 3.17. The summed E-state index contributed by atoms with van der Waals surface area (Å²) in [5.74, 6) is 0.614. The van der Waals surface area contributed by atoms with Crippen LogP contribution in [0.3, 0.4) is 0 Å². The zero-order valence-electron chi connectivity index (χ0n) is 18.6. The van der Waals surface area contributed by atoms with Crippen LogP contribution in [0.4, 0.5) is 10.1 Å². The fourth-order valence-electron chi connectivity index (χ4n) is 3.67. The SMILES string of the molecule is CCOc1ccc(-c2coc3cc(OC)c(/C(C)=C/C(=O)Nc4cccc(F)c4)cc23)cc1. The number of halogens is 1. The highest BCUT2D eigenvalue weighted by Gasteiger charge is 2.15. The minimum Gasteiger partial charge on any atom is -0.496 e. The van der Waals surface area contributed by atoms with Gasteiger partial charge in [-0.15, -0.1) is 0 Å². The molecule has 1 heterocycles. The van der Waals surface area contributed by atoms with Gasteiger partial charge in [-0.05, 0) is 61.4 Å². The first-order valence-corrected chi connectivity index (χ1v) is 10.6. The van der Waals surface area contributed by atoms with E-state index in [-0.39, 0.29) is 5.91 Å². The van der Waals surface area contributed by atoms with Gasteiger partial charge in [-0.2, -0.15) is 0 Å². The summed E-state index contributed by atoms with van der Waals surface area (Å²) in [5, 5.41) is 3.58. The molecule has 0 aliphatic carbocycles. The van der Waals surface area contributed by atoms with E-state index in [1.807, 2.05) is 50.2 Å². The van der Waals surface area contributed by atoms with Crippen molar-refractivity contribution in [1.29, 1.82) is 0 Å². The topological polar surface area (TPSA) is 60.7 Å². The molecule has 1 N–H and O–H groups in total. The van der Waals surface area contributed by atoms with Crippen molar-refractivity contribution < 1.29 is 23.1 Å². The number of hydrogen-bond donors (Lipinski definition) is 1. The molecule has 0 aliphatic rings. The maximum absolute atomic E-state index is 13.4. The minimum atomic E-state index is -0.414. The molecule has 5 nitrogen and oxygen atoms in total. The molecule has 0 atom stereocenters. The van der Waals surface area contributed by atoms with Crippen LogP contribution in [0.5, 0.6) is 11.5 Å². The second-order valence-corrected chi connectivity index (χ2v) is 7.48. The van der Waals surface area contributed by atoms with Crippen molar-refractivity contribution in [1.82, 2.24) is 0 Å². The first-order valence-electron chi connectivity index (χ1n) is 10.6. The van der Waals surface area contributed by atoms with Gasteiger partial charge in [0.15, 0.2) is 0 Å². The average molecular weight is 445 g/mol. The lowest BCUT2D eigenvalue weighted by molar-refractivity contribution is -0.111. The highest BCUT2D eigenvalue weighted by Crippen LogP contribution is 2.37. The van der Waals surface area contributed by atoms with Crippen molar-refractivity contribution in [2.45, 2.75) is 13.8 Å². The highest BCUT2D eigenvalue weighted by atomic mass is 19.1. The average Bonchev–Trinajstić information content (AvgIpc) is 3.21. The van der Waals surface area contributed by atoms with E-state index in [0.717, 1.165) is 27.8 Å². The zero-order valence-corrected chi connectivity index (χ0v) is 18.6. The Morgan fingerprint density at radius 1 is 1.12 bits per heavy atom. The molecule has 33 heavy (non-hydrogen) atoms. The van der Waals surface area contributed by atoms with Crippen molar-refractivity contribution in [3.05, 3.63) is 84.4 Å². The van der Waals surface area contributed by atoms with Gasteiger partial charge in [0.25, 0.3) is 0 Å². The molecule has 4 rings (SSSR count). The van der Waals surface area contributed by atoms with Crippen molar-refractivity contribution in [3.8, 4) is 22.6 Å². The third-order valence-electron chi connectivity index (χ3n) is 5.24. The van der Waals surface area contributed by atoms with Crippen LogP contribution >= 0.6 is 0 Å². The summed E-state index contributed by atoms with van der Waals surface area (Å²) in [6, 6.07) is 17.3. The normalized spacial score (nSPS) is 11.5. The van der Waals surface area contributed by atoms with E-state index >= 15 is 0 Å². The number of carbonyl (C=O) groups is 1. The fourth-order valence-corrected chi connectivity index (χ4v) is 3.67. The quantitative estimate of drug-likeness (QED) is 0.322. The fraction of sp³-hybridized carbons (Fsp3) is 0.148. The Labute approximate surface area is 191 Å². The van der Waals surface area contributed by atoms with E-state index in [2.05, 4.69) is 5.32 Å². The molecule has 1 amide bonds. The first kappa shape index (κ1) is 22.1. The minimum absolute atomic E-state index is 0.362. The molecule has 0 spiro atoms. The summed E-state index contributed by atoms with van der Waals surface area (Å²) in [6.45, 7) is 4.38. The largest absolute Gasteiger partial charge is 0.496 e. The number of rotatable bonds is 7. The number of hydrogen-bond acceptors (Lipinski definition) is 4. The maximum atomic E-state index is 13.4. The second-order valence-electron chi connectivity index (χ2n) is 7.48. The monoisotopic (exact) mass is 445 g/mol. The lowest BCUT2D eigenvalue weighted by Crippen LogP contribution is -2.08. The number of carbonyl (C=O) groups excluding carboxylic acids is 1. The Hall–Kier alpha value is -4.06. The van der Waals surface area contributed by atoms with Gasteiger partial charge in [0, 0.05) is 34.3 Å². The molecule has 4 aromatic rings. The van der Waals surface area contributed by atoms with Gasteiger partial charge < -0.3 is 19.2 Å². The van der Waals surface area contributed by atoms with E-state index in [9.17, 15) is 9.18 Å². The molecular formula is C27H24FNO4. The number of furan rings is 1. The Morgan fingerprint density at radius 2 is 1.91 bits per heavy atom. The number of nitrogens with one attached hydrogen (secondary N) is 1. The summed E-state index contributed by atoms with van der Waals surface area (Å²) in [5.41, 5.74) is 4.43. The van der Waals surface area contributed by atoms with Gasteiger partial charge in [0.05, 0.1) is 20.0 Å². The number of methoxy groups -OCH3 is 1. The van der Waals surface area contributed by atoms with E-state index in [1.54, 1.807) is 25.5 Å². The Balaban J connectivity index is 1.68. The molecule has 1 aromatic heterocycles. The van der Waals surface area contributed by atoms with E-state index in [1.165, 1.54) is 18.2 Å². The third kappa shape index (κ3) is 4.90. The maximum Gasteiger partial charge on any atom is 0.248 e. The standard InChI is InChI=1S/C27H24FNO4/c1-4-32-21-10-8-18(9-11-21)24-16-33-26-15-25(31-3)22(14-23(24)26)17(2)12-27(30)29-20-7-5-6-19(28)13-20/h5-16H,4H2,1-3H3,(H,29,30)/b17-12+. The van der Waals surface area contributed by atoms with Crippen molar-refractivity contribution in [2.24, 2.45) is 0 Å². The molecule has 168 valence electrons. The molecule has 0 fully saturated rings. The summed E-state index contributed by atoms with van der Waals surface area (Å²) in [4.78, 5) is 12.5. The number of fused-ring (bicyclic) bond motifs is 1. The van der Waals surface area contributed by atoms with Gasteiger partial charge >= 0.3 is 0 Å². The molecular weight excluding hydrogens is 421 g/mol. The number of amides is 1. The zero-order chi connectivity index (χ0) is 23.4. The molecule has 0 saturated carbocycles. The van der Waals surface area contributed by atoms with E-state index in [4.69, 9.17) is 13.9 Å². The van der Waals surface area contributed by atoms with Crippen LogP contribution in [0.1, 0.15) is 19.4 Å². The number of benzene rings is 3. The van der Waals surface area contributed by atoms with Crippen LogP contribution in [0, 0.1) is 5.82 Å². The van der Waals surface area contributed by atoms with Crippen molar-refractivity contribution >= 4 is 28.1 Å². The number of ether oxygens (including phenoxy) is 2. The molecule has 0 unspecified atom stereocenters. The van der Waals surface area contributed by atoms with Crippen LogP contribution in [0.2, 0.25) is 0 Å². The third-order valence-corrected chi connectivity index (χ3v) is 5.24. The van der Waals surface area contributed by atoms with Crippen LogP contribution in [-0.2, 0) is 4.79 Å². The Morgan fingerprint density at radius 3 is 2.61 bits per heavy atom. The highest BCUT2D eigenvalue weighted by molar-refractivity contribution is 6.05. The predicted molar refractivity (Wildman–Crippen MR) is 128 cm³/mol. The molecule has 0 bridgehead atoms. The van der Waals surface area contributed by atoms with Crippen molar-refractivity contribution in [2.75, 3.05) is 19.0 Å². The van der Waals surface area contributed by atoms with Gasteiger partial charge in [-0.1, -0.05) is 18.2 Å². The lowest BCUT2D eigenvalue weighted by Gasteiger charge is -2.10. The molecule has 0 aliphatic heterocycles. The van der Waals surface area contributed by atoms with E-state index in [0.29, 0.717) is 29.2 Å². The van der Waals surface area contributed by atoms with Crippen LogP contribution in [0.15, 0.2) is 77.4 Å². The smallest absolute Gasteiger partial charge is 0.248 e. The predicted octanol–water partition coefficient (Wildman–Crippen LogP) is 6.69. The van der Waals surface area contributed by atoms with Crippen molar-refractivity contribution in [3.63, 3.8) is 0 Å². The van der Waals surface area contributed by atoms with E-state index < -0.39 is 5.82 Å². The molecule has 0 saturated heterocycles. The van der Waals surface area contributed by atoms with Crippen LogP contribution in [0.25, 0.3) is 27.7 Å². The second kappa shape index (κ2) is 9.61. The van der Waals surface area contributed by atoms with Gasteiger partial charge in [0.1, 0.15) is 22.9 Å². The van der Waals surface area contributed by atoms with Crippen LogP contribution < -0.4 is 14.8 Å². The number of anilines is 1. The van der Waals surface area contributed by atoms with Gasteiger partial charge in [-0.3, -0.25) is 4.79 Å². The summed E-state index contributed by atoms with van der Waals surface area (Å²) < 4.78 is 30.3. The number of allylic oxidation sites excluding steroid dienone is 1. The first-order chi connectivity index (χ1) is 16.0. The summed E-state index contributed by atoms with van der Waals surface area (Å²) >= 11 is 0. The van der Waals surface area contributed by atoms with Crippen LogP contribution in [-0.4, -0.2) is 19.6 Å². The molecule has 6 heteroatoms. The van der Waals surface area contributed by atoms with Gasteiger partial charge in [0.2, 0.25) is 5.91 Å². The summed E-state index contributed by atoms with van der Waals surface area (Å²) in [7, 11) is 1.57. The molecule has 0 radical (unpaired) electrons. The Bertz CT molecular complexity index is 1320. The molecule has 3 aromatic carbocycles. The van der Waals surface area contributed by atoms with Gasteiger partial charge in [-0.25, -0.2) is 4.39 Å². The Kier molecular flexibility index (Phi) is 6.45.